The number of carbonyl (C=O) groups is 2. The maximum absolute atomic E-state index is 11.5. The van der Waals surface area contributed by atoms with Gasteiger partial charge in [-0.15, -0.1) is 0 Å². The molecule has 0 fully saturated rings. The summed E-state index contributed by atoms with van der Waals surface area (Å²) in [5.74, 6) is -0.479. The van der Waals surface area contributed by atoms with E-state index in [1.165, 1.54) is 20.4 Å². The third kappa shape index (κ3) is 5.41. The Kier molecular flexibility index (Phi) is 7.41. The maximum Gasteiger partial charge on any atom is 0.329 e. The Balaban J connectivity index is 2.58. The van der Waals surface area contributed by atoms with E-state index < -0.39 is 11.8 Å². The quantitative estimate of drug-likeness (QED) is 0.318. The average molecular weight is 309 g/mol. The predicted octanol–water partition coefficient (Wildman–Crippen LogP) is -0.0835. The Labute approximate surface area is 128 Å². The number of hydrazone groups is 1. The number of methoxy groups -OCH3 is 3. The van der Waals surface area contributed by atoms with Crippen molar-refractivity contribution in [1.29, 1.82) is 0 Å². The van der Waals surface area contributed by atoms with Gasteiger partial charge < -0.3 is 19.5 Å². The molecule has 1 aromatic carbocycles. The van der Waals surface area contributed by atoms with E-state index in [4.69, 9.17) is 14.2 Å². The molecule has 0 aromatic heterocycles. The second-order valence-corrected chi connectivity index (χ2v) is 4.06. The molecule has 0 aliphatic rings. The molecule has 2 amide bonds. The Morgan fingerprint density at radius 3 is 2.59 bits per heavy atom. The molecule has 0 spiro atoms. The number of amides is 2. The molecule has 8 nitrogen and oxygen atoms in total. The second-order valence-electron chi connectivity index (χ2n) is 4.06. The molecule has 0 unspecified atom stereocenters. The molecular weight excluding hydrogens is 290 g/mol. The van der Waals surface area contributed by atoms with Crippen LogP contribution in [-0.4, -0.2) is 52.5 Å². The number of benzene rings is 1. The second kappa shape index (κ2) is 9.35. The van der Waals surface area contributed by atoms with E-state index in [1.54, 1.807) is 25.3 Å². The van der Waals surface area contributed by atoms with Gasteiger partial charge in [-0.3, -0.25) is 9.59 Å². The zero-order valence-electron chi connectivity index (χ0n) is 12.7. The molecule has 8 heteroatoms. The van der Waals surface area contributed by atoms with Crippen molar-refractivity contribution in [2.75, 3.05) is 34.5 Å². The van der Waals surface area contributed by atoms with Gasteiger partial charge in [-0.1, -0.05) is 0 Å². The molecule has 120 valence electrons. The summed E-state index contributed by atoms with van der Waals surface area (Å²) in [4.78, 5) is 22.8. The number of hydrogen-bond donors (Lipinski definition) is 2. The maximum atomic E-state index is 11.5. The zero-order valence-corrected chi connectivity index (χ0v) is 12.7. The van der Waals surface area contributed by atoms with Gasteiger partial charge in [0, 0.05) is 25.3 Å². The highest BCUT2D eigenvalue weighted by Crippen LogP contribution is 2.22. The van der Waals surface area contributed by atoms with Gasteiger partial charge in [0.15, 0.2) is 0 Å². The first-order chi connectivity index (χ1) is 10.6. The smallest absolute Gasteiger partial charge is 0.329 e. The highest BCUT2D eigenvalue weighted by Gasteiger charge is 2.11. The van der Waals surface area contributed by atoms with E-state index in [-0.39, 0.29) is 6.54 Å². The lowest BCUT2D eigenvalue weighted by Gasteiger charge is -2.07. The van der Waals surface area contributed by atoms with E-state index in [0.29, 0.717) is 23.7 Å². The lowest BCUT2D eigenvalue weighted by molar-refractivity contribution is -0.139. The SMILES string of the molecule is COCCNC(=O)C(=O)NN=Cc1ccc(OC)cc1OC. The van der Waals surface area contributed by atoms with E-state index in [2.05, 4.69) is 15.8 Å². The summed E-state index contributed by atoms with van der Waals surface area (Å²) < 4.78 is 15.0. The van der Waals surface area contributed by atoms with Crippen LogP contribution in [0.1, 0.15) is 5.56 Å². The van der Waals surface area contributed by atoms with Gasteiger partial charge >= 0.3 is 11.8 Å². The Hall–Kier alpha value is -2.61. The molecule has 2 N–H and O–H groups in total. The fourth-order valence-corrected chi connectivity index (χ4v) is 1.48. The van der Waals surface area contributed by atoms with Crippen LogP contribution in [0.15, 0.2) is 23.3 Å². The third-order valence-electron chi connectivity index (χ3n) is 2.61. The minimum absolute atomic E-state index is 0.249. The van der Waals surface area contributed by atoms with E-state index in [9.17, 15) is 9.59 Å². The fraction of sp³-hybridized carbons (Fsp3) is 0.357. The van der Waals surface area contributed by atoms with Gasteiger partial charge in [0.25, 0.3) is 0 Å². The summed E-state index contributed by atoms with van der Waals surface area (Å²) in [5.41, 5.74) is 2.76. The number of rotatable bonds is 7. The van der Waals surface area contributed by atoms with Crippen LogP contribution in [0.3, 0.4) is 0 Å². The number of hydrogen-bond acceptors (Lipinski definition) is 6. The average Bonchev–Trinajstić information content (AvgIpc) is 2.54. The van der Waals surface area contributed by atoms with Crippen molar-refractivity contribution >= 4 is 18.0 Å². The van der Waals surface area contributed by atoms with Crippen LogP contribution in [-0.2, 0) is 14.3 Å². The monoisotopic (exact) mass is 309 g/mol. The lowest BCUT2D eigenvalue weighted by atomic mass is 10.2. The van der Waals surface area contributed by atoms with Crippen LogP contribution in [0.25, 0.3) is 0 Å². The van der Waals surface area contributed by atoms with Gasteiger partial charge in [-0.25, -0.2) is 5.43 Å². The number of nitrogens with zero attached hydrogens (tertiary/aromatic N) is 1. The highest BCUT2D eigenvalue weighted by molar-refractivity contribution is 6.35. The van der Waals surface area contributed by atoms with Crippen molar-refractivity contribution < 1.29 is 23.8 Å². The van der Waals surface area contributed by atoms with Gasteiger partial charge in [-0.2, -0.15) is 5.10 Å². The molecule has 0 heterocycles. The number of carbonyl (C=O) groups excluding carboxylic acids is 2. The summed E-state index contributed by atoms with van der Waals surface area (Å²) in [6.45, 7) is 0.574. The number of ether oxygens (including phenoxy) is 3. The topological polar surface area (TPSA) is 98.2 Å². The van der Waals surface area contributed by atoms with Crippen LogP contribution in [0.4, 0.5) is 0 Å². The molecule has 0 atom stereocenters. The first-order valence-electron chi connectivity index (χ1n) is 6.44. The van der Waals surface area contributed by atoms with E-state index in [0.717, 1.165) is 0 Å². The summed E-state index contributed by atoms with van der Waals surface area (Å²) >= 11 is 0. The molecule has 0 bridgehead atoms. The van der Waals surface area contributed by atoms with Gasteiger partial charge in [0.1, 0.15) is 11.5 Å². The first-order valence-corrected chi connectivity index (χ1v) is 6.44. The first kappa shape index (κ1) is 17.4. The Bertz CT molecular complexity index is 545. The van der Waals surface area contributed by atoms with Crippen LogP contribution < -0.4 is 20.2 Å². The fourth-order valence-electron chi connectivity index (χ4n) is 1.48. The Morgan fingerprint density at radius 2 is 1.95 bits per heavy atom. The van der Waals surface area contributed by atoms with Crippen molar-refractivity contribution in [3.63, 3.8) is 0 Å². The van der Waals surface area contributed by atoms with Crippen molar-refractivity contribution in [2.24, 2.45) is 5.10 Å². The molecule has 1 rings (SSSR count). The van der Waals surface area contributed by atoms with Gasteiger partial charge in [0.2, 0.25) is 0 Å². The van der Waals surface area contributed by atoms with Crippen molar-refractivity contribution in [1.82, 2.24) is 10.7 Å². The van der Waals surface area contributed by atoms with Gasteiger partial charge in [-0.05, 0) is 12.1 Å². The van der Waals surface area contributed by atoms with E-state index in [1.807, 2.05) is 0 Å². The van der Waals surface area contributed by atoms with E-state index >= 15 is 0 Å². The zero-order chi connectivity index (χ0) is 16.4. The minimum atomic E-state index is -0.861. The molecule has 0 radical (unpaired) electrons. The summed E-state index contributed by atoms with van der Waals surface area (Å²) in [6.07, 6.45) is 1.37. The molecular formula is C14H19N3O5. The van der Waals surface area contributed by atoms with Crippen molar-refractivity contribution in [3.05, 3.63) is 23.8 Å². The normalized spacial score (nSPS) is 10.3. The summed E-state index contributed by atoms with van der Waals surface area (Å²) in [6, 6.07) is 5.12. The number of nitrogens with one attached hydrogen (secondary N) is 2. The summed E-state index contributed by atoms with van der Waals surface area (Å²) in [5, 5.41) is 6.10. The minimum Gasteiger partial charge on any atom is -0.497 e. The van der Waals surface area contributed by atoms with Crippen LogP contribution in [0, 0.1) is 0 Å². The molecule has 0 aliphatic carbocycles. The molecule has 22 heavy (non-hydrogen) atoms. The van der Waals surface area contributed by atoms with Crippen LogP contribution in [0.2, 0.25) is 0 Å². The Morgan fingerprint density at radius 1 is 1.18 bits per heavy atom. The lowest BCUT2D eigenvalue weighted by Crippen LogP contribution is -2.39. The van der Waals surface area contributed by atoms with Crippen molar-refractivity contribution in [2.45, 2.75) is 0 Å². The molecule has 1 aromatic rings. The third-order valence-corrected chi connectivity index (χ3v) is 2.61. The molecule has 0 aliphatic heterocycles. The predicted molar refractivity (Wildman–Crippen MR) is 80.2 cm³/mol. The van der Waals surface area contributed by atoms with Crippen molar-refractivity contribution in [3.8, 4) is 11.5 Å². The van der Waals surface area contributed by atoms with Crippen LogP contribution >= 0.6 is 0 Å². The highest BCUT2D eigenvalue weighted by atomic mass is 16.5. The molecule has 0 saturated carbocycles. The summed E-state index contributed by atoms with van der Waals surface area (Å²) in [7, 11) is 4.55. The standard InChI is InChI=1S/C14H19N3O5/c1-20-7-6-15-13(18)14(19)17-16-9-10-4-5-11(21-2)8-12(10)22-3/h4-5,8-9H,6-7H2,1-3H3,(H,15,18)(H,17,19). The van der Waals surface area contributed by atoms with Gasteiger partial charge in [0.05, 0.1) is 27.0 Å². The van der Waals surface area contributed by atoms with Crippen LogP contribution in [0.5, 0.6) is 11.5 Å². The molecule has 0 saturated heterocycles. The largest absolute Gasteiger partial charge is 0.497 e.